The third-order valence-electron chi connectivity index (χ3n) is 2.66. The highest BCUT2D eigenvalue weighted by atomic mass is 16.5. The molecule has 2 saturated heterocycles. The van der Waals surface area contributed by atoms with Crippen molar-refractivity contribution >= 4 is 5.91 Å². The average Bonchev–Trinajstić information content (AvgIpc) is 2.46. The SMILES string of the molecule is CC=CC(=O)N1CC2CCC(C1)O2. The van der Waals surface area contributed by atoms with Crippen molar-refractivity contribution in [1.82, 2.24) is 4.90 Å². The molecule has 72 valence electrons. The first-order valence-corrected chi connectivity index (χ1v) is 4.86. The molecule has 0 aliphatic carbocycles. The zero-order chi connectivity index (χ0) is 9.26. The van der Waals surface area contributed by atoms with Crippen LogP contribution >= 0.6 is 0 Å². The molecule has 2 aliphatic rings. The summed E-state index contributed by atoms with van der Waals surface area (Å²) in [5, 5.41) is 0. The van der Waals surface area contributed by atoms with E-state index in [1.165, 1.54) is 0 Å². The molecule has 2 aliphatic heterocycles. The van der Waals surface area contributed by atoms with Crippen LogP contribution in [0.3, 0.4) is 0 Å². The molecular formula is C10H15NO2. The van der Waals surface area contributed by atoms with E-state index in [1.54, 1.807) is 12.2 Å². The molecule has 2 unspecified atom stereocenters. The first-order chi connectivity index (χ1) is 6.29. The largest absolute Gasteiger partial charge is 0.371 e. The van der Waals surface area contributed by atoms with Crippen molar-refractivity contribution in [2.45, 2.75) is 32.0 Å². The minimum Gasteiger partial charge on any atom is -0.371 e. The molecule has 2 heterocycles. The van der Waals surface area contributed by atoms with Gasteiger partial charge in [-0.05, 0) is 25.8 Å². The topological polar surface area (TPSA) is 29.5 Å². The van der Waals surface area contributed by atoms with Crippen LogP contribution in [0.25, 0.3) is 0 Å². The number of rotatable bonds is 1. The van der Waals surface area contributed by atoms with Crippen LogP contribution in [0.15, 0.2) is 12.2 Å². The number of hydrogen-bond acceptors (Lipinski definition) is 2. The summed E-state index contributed by atoms with van der Waals surface area (Å²) in [5.41, 5.74) is 0. The summed E-state index contributed by atoms with van der Waals surface area (Å²) in [5.74, 6) is 0.128. The van der Waals surface area contributed by atoms with Crippen molar-refractivity contribution < 1.29 is 9.53 Å². The van der Waals surface area contributed by atoms with Crippen LogP contribution < -0.4 is 0 Å². The molecule has 2 atom stereocenters. The number of morpholine rings is 1. The molecular weight excluding hydrogens is 166 g/mol. The second-order valence-electron chi connectivity index (χ2n) is 3.70. The number of fused-ring (bicyclic) bond motifs is 2. The van der Waals surface area contributed by atoms with Gasteiger partial charge >= 0.3 is 0 Å². The second-order valence-corrected chi connectivity index (χ2v) is 3.70. The number of likely N-dealkylation sites (tertiary alicyclic amines) is 1. The van der Waals surface area contributed by atoms with Gasteiger partial charge < -0.3 is 9.64 Å². The van der Waals surface area contributed by atoms with Crippen LogP contribution in [0.2, 0.25) is 0 Å². The van der Waals surface area contributed by atoms with Gasteiger partial charge in [0.2, 0.25) is 5.91 Å². The van der Waals surface area contributed by atoms with Gasteiger partial charge in [0.25, 0.3) is 0 Å². The normalized spacial score (nSPS) is 32.8. The first kappa shape index (κ1) is 8.75. The number of carbonyl (C=O) groups is 1. The van der Waals surface area contributed by atoms with Gasteiger partial charge in [0, 0.05) is 13.1 Å². The summed E-state index contributed by atoms with van der Waals surface area (Å²) < 4.78 is 5.64. The van der Waals surface area contributed by atoms with Crippen molar-refractivity contribution in [3.63, 3.8) is 0 Å². The summed E-state index contributed by atoms with van der Waals surface area (Å²) in [4.78, 5) is 13.4. The number of allylic oxidation sites excluding steroid dienone is 1. The zero-order valence-electron chi connectivity index (χ0n) is 7.90. The molecule has 1 amide bonds. The standard InChI is InChI=1S/C10H15NO2/c1-2-3-10(12)11-6-8-4-5-9(7-11)13-8/h2-3,8-9H,4-7H2,1H3. The first-order valence-electron chi connectivity index (χ1n) is 4.86. The number of carbonyl (C=O) groups excluding carboxylic acids is 1. The lowest BCUT2D eigenvalue weighted by molar-refractivity contribution is -0.134. The second kappa shape index (κ2) is 3.50. The van der Waals surface area contributed by atoms with Crippen LogP contribution in [0.5, 0.6) is 0 Å². The van der Waals surface area contributed by atoms with Crippen LogP contribution in [0, 0.1) is 0 Å². The van der Waals surface area contributed by atoms with E-state index in [0.29, 0.717) is 12.2 Å². The maximum atomic E-state index is 11.5. The molecule has 13 heavy (non-hydrogen) atoms. The van der Waals surface area contributed by atoms with Gasteiger partial charge in [0.1, 0.15) is 0 Å². The van der Waals surface area contributed by atoms with E-state index in [-0.39, 0.29) is 5.91 Å². The third kappa shape index (κ3) is 1.75. The lowest BCUT2D eigenvalue weighted by Gasteiger charge is -2.31. The Morgan fingerprint density at radius 1 is 1.38 bits per heavy atom. The fourth-order valence-corrected chi connectivity index (χ4v) is 2.04. The van der Waals surface area contributed by atoms with Crippen molar-refractivity contribution in [3.8, 4) is 0 Å². The highest BCUT2D eigenvalue weighted by Crippen LogP contribution is 2.26. The molecule has 0 aromatic rings. The summed E-state index contributed by atoms with van der Waals surface area (Å²) in [6, 6.07) is 0. The Morgan fingerprint density at radius 2 is 2.00 bits per heavy atom. The highest BCUT2D eigenvalue weighted by molar-refractivity contribution is 5.87. The summed E-state index contributed by atoms with van der Waals surface area (Å²) in [6.45, 7) is 3.42. The van der Waals surface area contributed by atoms with Gasteiger partial charge in [0.05, 0.1) is 12.2 Å². The summed E-state index contributed by atoms with van der Waals surface area (Å²) in [6.07, 6.45) is 6.25. The summed E-state index contributed by atoms with van der Waals surface area (Å²) >= 11 is 0. The van der Waals surface area contributed by atoms with Crippen molar-refractivity contribution in [2.75, 3.05) is 13.1 Å². The zero-order valence-corrected chi connectivity index (χ0v) is 7.90. The van der Waals surface area contributed by atoms with Gasteiger partial charge in [0.15, 0.2) is 0 Å². The van der Waals surface area contributed by atoms with E-state index in [0.717, 1.165) is 25.9 Å². The molecule has 0 radical (unpaired) electrons. The van der Waals surface area contributed by atoms with Crippen LogP contribution in [-0.4, -0.2) is 36.1 Å². The van der Waals surface area contributed by atoms with Crippen LogP contribution in [0.1, 0.15) is 19.8 Å². The fourth-order valence-electron chi connectivity index (χ4n) is 2.04. The minimum atomic E-state index is 0.128. The van der Waals surface area contributed by atoms with Gasteiger partial charge in [-0.25, -0.2) is 0 Å². The quantitative estimate of drug-likeness (QED) is 0.564. The molecule has 3 heteroatoms. The van der Waals surface area contributed by atoms with Gasteiger partial charge in [-0.3, -0.25) is 4.79 Å². The maximum Gasteiger partial charge on any atom is 0.246 e. The predicted octanol–water partition coefficient (Wildman–Crippen LogP) is 0.952. The number of amides is 1. The smallest absolute Gasteiger partial charge is 0.246 e. The van der Waals surface area contributed by atoms with E-state index >= 15 is 0 Å². The lowest BCUT2D eigenvalue weighted by atomic mass is 10.2. The van der Waals surface area contributed by atoms with Crippen molar-refractivity contribution in [3.05, 3.63) is 12.2 Å². The van der Waals surface area contributed by atoms with E-state index in [9.17, 15) is 4.79 Å². The molecule has 0 saturated carbocycles. The number of nitrogens with zero attached hydrogens (tertiary/aromatic N) is 1. The fraction of sp³-hybridized carbons (Fsp3) is 0.700. The molecule has 2 bridgehead atoms. The Labute approximate surface area is 78.4 Å². The third-order valence-corrected chi connectivity index (χ3v) is 2.66. The van der Waals surface area contributed by atoms with Crippen molar-refractivity contribution in [2.24, 2.45) is 0 Å². The molecule has 0 aromatic heterocycles. The average molecular weight is 181 g/mol. The predicted molar refractivity (Wildman–Crippen MR) is 49.3 cm³/mol. The van der Waals surface area contributed by atoms with Crippen LogP contribution in [-0.2, 0) is 9.53 Å². The molecule has 3 nitrogen and oxygen atoms in total. The highest BCUT2D eigenvalue weighted by Gasteiger charge is 2.34. The Bertz CT molecular complexity index is 225. The van der Waals surface area contributed by atoms with E-state index in [4.69, 9.17) is 4.74 Å². The van der Waals surface area contributed by atoms with Gasteiger partial charge in [-0.1, -0.05) is 6.08 Å². The lowest BCUT2D eigenvalue weighted by Crippen LogP contribution is -2.45. The Hall–Kier alpha value is -0.830. The Morgan fingerprint density at radius 3 is 2.54 bits per heavy atom. The Balaban J connectivity index is 1.98. The number of ether oxygens (including phenoxy) is 1. The van der Waals surface area contributed by atoms with E-state index < -0.39 is 0 Å². The van der Waals surface area contributed by atoms with Gasteiger partial charge in [-0.15, -0.1) is 0 Å². The minimum absolute atomic E-state index is 0.128. The van der Waals surface area contributed by atoms with E-state index in [2.05, 4.69) is 0 Å². The monoisotopic (exact) mass is 181 g/mol. The van der Waals surface area contributed by atoms with E-state index in [1.807, 2.05) is 11.8 Å². The molecule has 2 fully saturated rings. The van der Waals surface area contributed by atoms with Crippen LogP contribution in [0.4, 0.5) is 0 Å². The number of hydrogen-bond donors (Lipinski definition) is 0. The molecule has 2 rings (SSSR count). The molecule has 0 aromatic carbocycles. The van der Waals surface area contributed by atoms with Crippen molar-refractivity contribution in [1.29, 1.82) is 0 Å². The molecule has 0 spiro atoms. The Kier molecular flexibility index (Phi) is 2.36. The van der Waals surface area contributed by atoms with Gasteiger partial charge in [-0.2, -0.15) is 0 Å². The summed E-state index contributed by atoms with van der Waals surface area (Å²) in [7, 11) is 0. The maximum absolute atomic E-state index is 11.5. The molecule has 0 N–H and O–H groups in total.